The second-order valence-corrected chi connectivity index (χ2v) is 4.99. The fourth-order valence-corrected chi connectivity index (χ4v) is 1.80. The van der Waals surface area contributed by atoms with Gasteiger partial charge in [0.15, 0.2) is 0 Å². The van der Waals surface area contributed by atoms with Gasteiger partial charge in [-0.05, 0) is 12.5 Å². The number of nitrogens with one attached hydrogen (secondary N) is 2. The minimum absolute atomic E-state index is 0.131. The molecule has 0 aliphatic heterocycles. The van der Waals surface area contributed by atoms with E-state index in [0.29, 0.717) is 6.08 Å². The first-order valence-electron chi connectivity index (χ1n) is 7.08. The van der Waals surface area contributed by atoms with Crippen molar-refractivity contribution in [2.24, 2.45) is 0 Å². The average Bonchev–Trinajstić information content (AvgIpc) is 2.53. The predicted molar refractivity (Wildman–Crippen MR) is 84.1 cm³/mol. The molecule has 0 saturated carbocycles. The standard InChI is InChI=1S/C16H18N2O6/c1-10(16(23)24)17-15(22)12(9-11-5-3-2-4-6-11)18-13(19)7-8-14(20)21/h2-8,10,12H,9H2,1H3,(H,17,22)(H,18,19)(H,20,21)(H,23,24)/b8-7-/t10-,12-/m0/s1. The van der Waals surface area contributed by atoms with Crippen LogP contribution in [0.25, 0.3) is 0 Å². The third kappa shape index (κ3) is 6.73. The van der Waals surface area contributed by atoms with Crippen LogP contribution in [0.1, 0.15) is 12.5 Å². The average molecular weight is 334 g/mol. The molecule has 1 aromatic carbocycles. The first-order valence-corrected chi connectivity index (χ1v) is 7.08. The Hall–Kier alpha value is -3.16. The number of carboxylic acid groups (broad SMARTS) is 2. The Morgan fingerprint density at radius 1 is 1.04 bits per heavy atom. The highest BCUT2D eigenvalue weighted by Crippen LogP contribution is 2.04. The molecule has 128 valence electrons. The summed E-state index contributed by atoms with van der Waals surface area (Å²) in [7, 11) is 0. The molecule has 24 heavy (non-hydrogen) atoms. The molecule has 8 heteroatoms. The second kappa shape index (κ2) is 9.09. The molecular weight excluding hydrogens is 316 g/mol. The molecule has 8 nitrogen and oxygen atoms in total. The maximum absolute atomic E-state index is 12.2. The van der Waals surface area contributed by atoms with Crippen LogP contribution in [0.4, 0.5) is 0 Å². The van der Waals surface area contributed by atoms with Gasteiger partial charge in [0.2, 0.25) is 11.8 Å². The zero-order chi connectivity index (χ0) is 18.1. The van der Waals surface area contributed by atoms with Gasteiger partial charge < -0.3 is 20.8 Å². The zero-order valence-electron chi connectivity index (χ0n) is 12.9. The van der Waals surface area contributed by atoms with Crippen LogP contribution < -0.4 is 10.6 Å². The van der Waals surface area contributed by atoms with Crippen molar-refractivity contribution in [3.05, 3.63) is 48.0 Å². The van der Waals surface area contributed by atoms with E-state index in [1.165, 1.54) is 6.92 Å². The molecule has 2 amide bonds. The number of carboxylic acids is 2. The first-order chi connectivity index (χ1) is 11.3. The predicted octanol–water partition coefficient (Wildman–Crippen LogP) is -0.0560. The van der Waals surface area contributed by atoms with E-state index in [-0.39, 0.29) is 6.42 Å². The minimum atomic E-state index is -1.30. The lowest BCUT2D eigenvalue weighted by molar-refractivity contribution is -0.141. The molecule has 0 unspecified atom stereocenters. The minimum Gasteiger partial charge on any atom is -0.480 e. The lowest BCUT2D eigenvalue weighted by Crippen LogP contribution is -2.51. The number of carbonyl (C=O) groups excluding carboxylic acids is 2. The fraction of sp³-hybridized carbons (Fsp3) is 0.250. The topological polar surface area (TPSA) is 133 Å². The van der Waals surface area contributed by atoms with E-state index in [1.54, 1.807) is 30.3 Å². The van der Waals surface area contributed by atoms with Crippen molar-refractivity contribution in [1.29, 1.82) is 0 Å². The molecule has 0 radical (unpaired) electrons. The highest BCUT2D eigenvalue weighted by atomic mass is 16.4. The summed E-state index contributed by atoms with van der Waals surface area (Å²) in [5, 5.41) is 22.0. The summed E-state index contributed by atoms with van der Waals surface area (Å²) < 4.78 is 0. The fourth-order valence-electron chi connectivity index (χ4n) is 1.80. The van der Waals surface area contributed by atoms with E-state index in [0.717, 1.165) is 11.6 Å². The van der Waals surface area contributed by atoms with Crippen molar-refractivity contribution in [3.63, 3.8) is 0 Å². The maximum atomic E-state index is 12.2. The highest BCUT2D eigenvalue weighted by molar-refractivity contribution is 5.97. The lowest BCUT2D eigenvalue weighted by Gasteiger charge is -2.19. The van der Waals surface area contributed by atoms with Crippen LogP contribution >= 0.6 is 0 Å². The number of hydrogen-bond donors (Lipinski definition) is 4. The summed E-state index contributed by atoms with van der Waals surface area (Å²) in [4.78, 5) is 45.2. The largest absolute Gasteiger partial charge is 0.480 e. The number of hydrogen-bond acceptors (Lipinski definition) is 4. The Kier molecular flexibility index (Phi) is 7.15. The van der Waals surface area contributed by atoms with Gasteiger partial charge in [0.25, 0.3) is 0 Å². The van der Waals surface area contributed by atoms with Crippen molar-refractivity contribution in [2.75, 3.05) is 0 Å². The number of benzene rings is 1. The molecule has 2 atom stereocenters. The summed E-state index contributed by atoms with van der Waals surface area (Å²) in [6.07, 6.45) is 1.56. The molecule has 4 N–H and O–H groups in total. The summed E-state index contributed by atoms with van der Waals surface area (Å²) in [5.74, 6) is -3.95. The first kappa shape index (κ1) is 18.9. The van der Waals surface area contributed by atoms with E-state index >= 15 is 0 Å². The van der Waals surface area contributed by atoms with Gasteiger partial charge in [0.1, 0.15) is 12.1 Å². The van der Waals surface area contributed by atoms with Crippen LogP contribution in [0.2, 0.25) is 0 Å². The van der Waals surface area contributed by atoms with E-state index in [1.807, 2.05) is 0 Å². The molecule has 0 spiro atoms. The Balaban J connectivity index is 2.85. The molecule has 0 saturated heterocycles. The third-order valence-electron chi connectivity index (χ3n) is 3.02. The molecule has 1 rings (SSSR count). The van der Waals surface area contributed by atoms with Crippen LogP contribution in [0, 0.1) is 0 Å². The monoisotopic (exact) mass is 334 g/mol. The van der Waals surface area contributed by atoms with Crippen molar-refractivity contribution in [1.82, 2.24) is 10.6 Å². The molecule has 0 aliphatic carbocycles. The van der Waals surface area contributed by atoms with E-state index in [4.69, 9.17) is 10.2 Å². The Bertz CT molecular complexity index is 641. The van der Waals surface area contributed by atoms with Crippen molar-refractivity contribution >= 4 is 23.8 Å². The quantitative estimate of drug-likeness (QED) is 0.492. The highest BCUT2D eigenvalue weighted by Gasteiger charge is 2.24. The van der Waals surface area contributed by atoms with Crippen LogP contribution in [-0.4, -0.2) is 46.0 Å². The number of rotatable bonds is 8. The van der Waals surface area contributed by atoms with Gasteiger partial charge >= 0.3 is 11.9 Å². The summed E-state index contributed by atoms with van der Waals surface area (Å²) >= 11 is 0. The molecule has 0 aromatic heterocycles. The van der Waals surface area contributed by atoms with Gasteiger partial charge in [0, 0.05) is 18.6 Å². The van der Waals surface area contributed by atoms with Gasteiger partial charge in [-0.3, -0.25) is 14.4 Å². The molecular formula is C16H18N2O6. The van der Waals surface area contributed by atoms with E-state index in [9.17, 15) is 19.2 Å². The maximum Gasteiger partial charge on any atom is 0.328 e. The molecule has 0 fully saturated rings. The number of carbonyl (C=O) groups is 4. The third-order valence-corrected chi connectivity index (χ3v) is 3.02. The zero-order valence-corrected chi connectivity index (χ0v) is 12.9. The lowest BCUT2D eigenvalue weighted by atomic mass is 10.0. The van der Waals surface area contributed by atoms with Crippen LogP contribution in [0.15, 0.2) is 42.5 Å². The summed E-state index contributed by atoms with van der Waals surface area (Å²) in [5.41, 5.74) is 0.753. The van der Waals surface area contributed by atoms with Crippen molar-refractivity contribution in [3.8, 4) is 0 Å². The van der Waals surface area contributed by atoms with Gasteiger partial charge in [0.05, 0.1) is 0 Å². The molecule has 0 bridgehead atoms. The summed E-state index contributed by atoms with van der Waals surface area (Å²) in [6, 6.07) is 6.65. The Morgan fingerprint density at radius 3 is 2.21 bits per heavy atom. The molecule has 0 aliphatic rings. The second-order valence-electron chi connectivity index (χ2n) is 4.99. The van der Waals surface area contributed by atoms with Gasteiger partial charge in [-0.2, -0.15) is 0 Å². The summed E-state index contributed by atoms with van der Waals surface area (Å²) in [6.45, 7) is 1.30. The van der Waals surface area contributed by atoms with Gasteiger partial charge in [-0.25, -0.2) is 4.79 Å². The van der Waals surface area contributed by atoms with Crippen molar-refractivity contribution in [2.45, 2.75) is 25.4 Å². The molecule has 0 heterocycles. The van der Waals surface area contributed by atoms with E-state index in [2.05, 4.69) is 10.6 Å². The van der Waals surface area contributed by atoms with Crippen LogP contribution in [0.3, 0.4) is 0 Å². The molecule has 1 aromatic rings. The van der Waals surface area contributed by atoms with Gasteiger partial charge in [-0.15, -0.1) is 0 Å². The van der Waals surface area contributed by atoms with Crippen LogP contribution in [0.5, 0.6) is 0 Å². The Labute approximate surface area is 138 Å². The number of amides is 2. The number of aliphatic carboxylic acids is 2. The smallest absolute Gasteiger partial charge is 0.328 e. The van der Waals surface area contributed by atoms with Gasteiger partial charge in [-0.1, -0.05) is 30.3 Å². The normalized spacial score (nSPS) is 13.0. The van der Waals surface area contributed by atoms with Crippen molar-refractivity contribution < 1.29 is 29.4 Å². The SMILES string of the molecule is C[C@H](NC(=O)[C@H](Cc1ccccc1)NC(=O)/C=C\C(=O)O)C(=O)O. The Morgan fingerprint density at radius 2 is 1.67 bits per heavy atom. The van der Waals surface area contributed by atoms with Crippen LogP contribution in [-0.2, 0) is 25.6 Å². The van der Waals surface area contributed by atoms with E-state index < -0.39 is 35.8 Å².